The molecule has 28 heavy (non-hydrogen) atoms. The van der Waals surface area contributed by atoms with Crippen LogP contribution in [0.25, 0.3) is 0 Å². The second-order valence-corrected chi connectivity index (χ2v) is 8.16. The molecule has 0 bridgehead atoms. The Morgan fingerprint density at radius 3 is 1.82 bits per heavy atom. The maximum absolute atomic E-state index is 11.6. The van der Waals surface area contributed by atoms with E-state index in [9.17, 15) is 18.0 Å². The van der Waals surface area contributed by atoms with Crippen molar-refractivity contribution in [3.63, 3.8) is 0 Å². The van der Waals surface area contributed by atoms with E-state index in [1.807, 2.05) is 0 Å². The van der Waals surface area contributed by atoms with Crippen LogP contribution in [-0.2, 0) is 29.2 Å². The van der Waals surface area contributed by atoms with Gasteiger partial charge in [0.15, 0.2) is 5.25 Å². The van der Waals surface area contributed by atoms with Crippen LogP contribution in [0.5, 0.6) is 0 Å². The Balaban J connectivity index is 0. The summed E-state index contributed by atoms with van der Waals surface area (Å²) in [7, 11) is -4.82. The Morgan fingerprint density at radius 2 is 1.36 bits per heavy atom. The van der Waals surface area contributed by atoms with Gasteiger partial charge in [-0.25, -0.2) is 0 Å². The van der Waals surface area contributed by atoms with Crippen molar-refractivity contribution >= 4 is 51.6 Å². The molecule has 0 aliphatic rings. The van der Waals surface area contributed by atoms with Gasteiger partial charge in [-0.15, -0.1) is 0 Å². The Labute approximate surface area is 190 Å². The zero-order chi connectivity index (χ0) is 20.5. The molecule has 1 atom stereocenters. The van der Waals surface area contributed by atoms with Crippen LogP contribution in [0, 0.1) is 0 Å². The summed E-state index contributed by atoms with van der Waals surface area (Å²) in [5.41, 5.74) is 0. The van der Waals surface area contributed by atoms with Crippen LogP contribution in [0.1, 0.15) is 77.6 Å². The summed E-state index contributed by atoms with van der Waals surface area (Å²) in [6, 6.07) is 0. The van der Waals surface area contributed by atoms with E-state index in [0.717, 1.165) is 19.3 Å². The van der Waals surface area contributed by atoms with Crippen LogP contribution in [0.3, 0.4) is 0 Å². The molecular formula is C18H35NaO8S. The van der Waals surface area contributed by atoms with Gasteiger partial charge in [-0.1, -0.05) is 64.7 Å². The van der Waals surface area contributed by atoms with Gasteiger partial charge in [0.25, 0.3) is 10.1 Å². The fraction of sp³-hybridized carbons (Fsp3) is 0.889. The minimum absolute atomic E-state index is 0. The summed E-state index contributed by atoms with van der Waals surface area (Å²) < 4.78 is 40.9. The van der Waals surface area contributed by atoms with Crippen molar-refractivity contribution in [1.29, 1.82) is 0 Å². The number of aliphatic carboxylic acids is 1. The number of ether oxygens (including phenoxy) is 2. The maximum atomic E-state index is 11.6. The standard InChI is InChI=1S/C18H34O8S.Na.H/c1-2-3-4-5-6-7-8-9-10-11-12-25-13-14-26-18(21)16(15-17(19)20)27(22,23)24;;/h16H,2-15H2,1H3,(H,19,20)(H,22,23,24);;. The molecule has 0 amide bonds. The van der Waals surface area contributed by atoms with Crippen LogP contribution in [-0.4, -0.2) is 84.6 Å². The minimum atomic E-state index is -4.82. The first-order valence-corrected chi connectivity index (χ1v) is 11.2. The topological polar surface area (TPSA) is 127 Å². The SMILES string of the molecule is CCCCCCCCCCCCOCCOC(=O)C(CC(=O)O)S(=O)(=O)O.[NaH]. The number of hydrogen-bond acceptors (Lipinski definition) is 6. The molecule has 1 unspecified atom stereocenters. The van der Waals surface area contributed by atoms with E-state index in [2.05, 4.69) is 11.7 Å². The number of carboxylic acids is 1. The molecule has 0 saturated carbocycles. The quantitative estimate of drug-likeness (QED) is 0.146. The predicted octanol–water partition coefficient (Wildman–Crippen LogP) is 2.55. The van der Waals surface area contributed by atoms with Gasteiger partial charge in [-0.2, -0.15) is 8.42 Å². The molecule has 0 heterocycles. The number of carbonyl (C=O) groups is 2. The van der Waals surface area contributed by atoms with Gasteiger partial charge in [0, 0.05) is 6.61 Å². The number of carbonyl (C=O) groups excluding carboxylic acids is 1. The second-order valence-electron chi connectivity index (χ2n) is 6.56. The first kappa shape index (κ1) is 30.0. The molecule has 0 aromatic rings. The first-order valence-electron chi connectivity index (χ1n) is 9.71. The van der Waals surface area contributed by atoms with E-state index in [1.54, 1.807) is 0 Å². The van der Waals surface area contributed by atoms with Crippen molar-refractivity contribution in [3.8, 4) is 0 Å². The zero-order valence-electron chi connectivity index (χ0n) is 16.2. The van der Waals surface area contributed by atoms with Gasteiger partial charge < -0.3 is 14.6 Å². The summed E-state index contributed by atoms with van der Waals surface area (Å²) >= 11 is 0. The molecule has 2 N–H and O–H groups in total. The number of rotatable bonds is 18. The van der Waals surface area contributed by atoms with Crippen LogP contribution in [0.15, 0.2) is 0 Å². The first-order chi connectivity index (χ1) is 12.8. The third kappa shape index (κ3) is 17.9. The van der Waals surface area contributed by atoms with Gasteiger partial charge in [0.1, 0.15) is 6.61 Å². The Morgan fingerprint density at radius 1 is 0.857 bits per heavy atom. The Bertz CT molecular complexity index is 510. The van der Waals surface area contributed by atoms with E-state index in [1.165, 1.54) is 44.9 Å². The van der Waals surface area contributed by atoms with Crippen molar-refractivity contribution in [2.24, 2.45) is 0 Å². The van der Waals surface area contributed by atoms with Gasteiger partial charge >= 0.3 is 41.5 Å². The zero-order valence-corrected chi connectivity index (χ0v) is 17.0. The summed E-state index contributed by atoms with van der Waals surface area (Å²) in [5, 5.41) is 6.47. The summed E-state index contributed by atoms with van der Waals surface area (Å²) in [6.07, 6.45) is 11.1. The fourth-order valence-electron chi connectivity index (χ4n) is 2.56. The van der Waals surface area contributed by atoms with E-state index >= 15 is 0 Å². The molecule has 0 aliphatic heterocycles. The number of unbranched alkanes of at least 4 members (excludes halogenated alkanes) is 9. The van der Waals surface area contributed by atoms with Gasteiger partial charge in [-0.3, -0.25) is 14.1 Å². The molecule has 0 aromatic carbocycles. The van der Waals surface area contributed by atoms with Crippen molar-refractivity contribution in [1.82, 2.24) is 0 Å². The Hall–Kier alpha value is -0.190. The predicted molar refractivity (Wildman–Crippen MR) is 108 cm³/mol. The van der Waals surface area contributed by atoms with Crippen LogP contribution in [0.2, 0.25) is 0 Å². The molecule has 0 aromatic heterocycles. The van der Waals surface area contributed by atoms with Crippen LogP contribution in [0.4, 0.5) is 0 Å². The van der Waals surface area contributed by atoms with E-state index in [0.29, 0.717) is 6.61 Å². The number of hydrogen-bond donors (Lipinski definition) is 2. The molecule has 0 rings (SSSR count). The molecule has 10 heteroatoms. The molecule has 8 nitrogen and oxygen atoms in total. The fourth-order valence-corrected chi connectivity index (χ4v) is 3.22. The third-order valence-electron chi connectivity index (χ3n) is 4.10. The Kier molecular flexibility index (Phi) is 20.2. The monoisotopic (exact) mass is 434 g/mol. The second kappa shape index (κ2) is 18.8. The van der Waals surface area contributed by atoms with Crippen molar-refractivity contribution in [2.45, 2.75) is 82.8 Å². The molecule has 0 aliphatic carbocycles. The molecule has 0 radical (unpaired) electrons. The summed E-state index contributed by atoms with van der Waals surface area (Å²) in [6.45, 7) is 2.63. The molecule has 0 fully saturated rings. The average molecular weight is 435 g/mol. The van der Waals surface area contributed by atoms with Crippen molar-refractivity contribution in [3.05, 3.63) is 0 Å². The summed E-state index contributed by atoms with van der Waals surface area (Å²) in [4.78, 5) is 22.1. The average Bonchev–Trinajstić information content (AvgIpc) is 2.58. The van der Waals surface area contributed by atoms with Gasteiger partial charge in [-0.05, 0) is 6.42 Å². The molecular weight excluding hydrogens is 399 g/mol. The molecule has 0 saturated heterocycles. The van der Waals surface area contributed by atoms with Crippen LogP contribution < -0.4 is 0 Å². The number of carboxylic acid groups (broad SMARTS) is 1. The van der Waals surface area contributed by atoms with E-state index in [-0.39, 0.29) is 42.8 Å². The molecule has 0 spiro atoms. The van der Waals surface area contributed by atoms with Gasteiger partial charge in [0.2, 0.25) is 0 Å². The molecule has 162 valence electrons. The van der Waals surface area contributed by atoms with Crippen molar-refractivity contribution in [2.75, 3.05) is 19.8 Å². The van der Waals surface area contributed by atoms with Crippen molar-refractivity contribution < 1.29 is 37.1 Å². The van der Waals surface area contributed by atoms with Gasteiger partial charge in [0.05, 0.1) is 13.0 Å². The third-order valence-corrected chi connectivity index (χ3v) is 5.17. The normalized spacial score (nSPS) is 12.2. The van der Waals surface area contributed by atoms with E-state index < -0.39 is 33.7 Å². The van der Waals surface area contributed by atoms with E-state index in [4.69, 9.17) is 14.4 Å². The summed E-state index contributed by atoms with van der Waals surface area (Å²) in [5.74, 6) is -2.81. The number of esters is 1. The van der Waals surface area contributed by atoms with Crippen LogP contribution >= 0.6 is 0 Å².